The van der Waals surface area contributed by atoms with E-state index in [1.165, 1.54) is 21.9 Å². The first-order chi connectivity index (χ1) is 11.0. The number of fused-ring (bicyclic) bond motifs is 1. The molecule has 1 N–H and O–H groups in total. The summed E-state index contributed by atoms with van der Waals surface area (Å²) in [6, 6.07) is 8.22. The van der Waals surface area contributed by atoms with Crippen molar-refractivity contribution >= 4 is 5.91 Å². The van der Waals surface area contributed by atoms with Crippen molar-refractivity contribution in [3.63, 3.8) is 0 Å². The Hall–Kier alpha value is -2.63. The molecule has 0 bridgehead atoms. The van der Waals surface area contributed by atoms with Crippen molar-refractivity contribution in [3.05, 3.63) is 68.0 Å². The van der Waals surface area contributed by atoms with Crippen LogP contribution < -0.4 is 11.2 Å². The van der Waals surface area contributed by atoms with Gasteiger partial charge in [-0.25, -0.2) is 4.79 Å². The zero-order valence-electron chi connectivity index (χ0n) is 13.0. The molecule has 2 heterocycles. The van der Waals surface area contributed by atoms with Crippen LogP contribution in [0.3, 0.4) is 0 Å². The maximum Gasteiger partial charge on any atom is 0.328 e. The monoisotopic (exact) mass is 313 g/mol. The van der Waals surface area contributed by atoms with Gasteiger partial charge in [0.1, 0.15) is 6.54 Å². The van der Waals surface area contributed by atoms with Gasteiger partial charge in [-0.05, 0) is 30.9 Å². The van der Waals surface area contributed by atoms with Gasteiger partial charge in [0.2, 0.25) is 5.91 Å². The molecule has 0 saturated heterocycles. The van der Waals surface area contributed by atoms with E-state index in [0.717, 1.165) is 12.8 Å². The van der Waals surface area contributed by atoms with Gasteiger partial charge in [0, 0.05) is 24.8 Å². The fourth-order valence-electron chi connectivity index (χ4n) is 2.90. The molecule has 0 unspecified atom stereocenters. The van der Waals surface area contributed by atoms with Gasteiger partial charge in [-0.2, -0.15) is 0 Å². The van der Waals surface area contributed by atoms with E-state index in [2.05, 4.69) is 17.1 Å². The van der Waals surface area contributed by atoms with Crippen molar-refractivity contribution < 1.29 is 4.79 Å². The van der Waals surface area contributed by atoms with Gasteiger partial charge in [0.15, 0.2) is 0 Å². The van der Waals surface area contributed by atoms with Crippen LogP contribution in [-0.2, 0) is 24.2 Å². The first-order valence-electron chi connectivity index (χ1n) is 7.69. The second kappa shape index (κ2) is 6.24. The predicted octanol–water partition coefficient (Wildman–Crippen LogP) is 0.472. The Balaban J connectivity index is 1.74. The zero-order valence-corrected chi connectivity index (χ0v) is 13.0. The molecule has 0 fully saturated rings. The molecule has 0 saturated carbocycles. The topological polar surface area (TPSA) is 75.2 Å². The van der Waals surface area contributed by atoms with Crippen molar-refractivity contribution in [2.75, 3.05) is 13.1 Å². The summed E-state index contributed by atoms with van der Waals surface area (Å²) in [5.41, 5.74) is 2.01. The summed E-state index contributed by atoms with van der Waals surface area (Å²) in [7, 11) is 0. The minimum atomic E-state index is -0.549. The summed E-state index contributed by atoms with van der Waals surface area (Å²) in [5, 5.41) is 0. The minimum absolute atomic E-state index is 0.0488. The van der Waals surface area contributed by atoms with Gasteiger partial charge in [-0.1, -0.05) is 24.3 Å². The van der Waals surface area contributed by atoms with Crippen LogP contribution >= 0.6 is 0 Å². The van der Waals surface area contributed by atoms with Gasteiger partial charge < -0.3 is 4.90 Å². The second-order valence-electron chi connectivity index (χ2n) is 5.85. The third kappa shape index (κ3) is 3.26. The molecular formula is C17H19N3O3. The molecule has 1 aliphatic heterocycles. The highest BCUT2D eigenvalue weighted by atomic mass is 16.2. The fourth-order valence-corrected chi connectivity index (χ4v) is 2.90. The molecule has 1 aromatic carbocycles. The smallest absolute Gasteiger partial charge is 0.328 e. The number of rotatable bonds is 2. The number of aromatic nitrogens is 2. The number of aromatic amines is 1. The van der Waals surface area contributed by atoms with E-state index in [1.54, 1.807) is 11.8 Å². The summed E-state index contributed by atoms with van der Waals surface area (Å²) in [4.78, 5) is 39.7. The van der Waals surface area contributed by atoms with E-state index in [0.29, 0.717) is 18.7 Å². The van der Waals surface area contributed by atoms with E-state index in [-0.39, 0.29) is 12.5 Å². The highest BCUT2D eigenvalue weighted by Crippen LogP contribution is 2.15. The molecule has 6 heteroatoms. The molecule has 6 nitrogen and oxygen atoms in total. The van der Waals surface area contributed by atoms with Crippen LogP contribution in [0.15, 0.2) is 40.1 Å². The average Bonchev–Trinajstić information content (AvgIpc) is 2.75. The Morgan fingerprint density at radius 1 is 1.13 bits per heavy atom. The first-order valence-corrected chi connectivity index (χ1v) is 7.69. The van der Waals surface area contributed by atoms with E-state index in [1.807, 2.05) is 12.1 Å². The lowest BCUT2D eigenvalue weighted by Crippen LogP contribution is -2.40. The molecule has 0 radical (unpaired) electrons. The number of nitrogens with zero attached hydrogens (tertiary/aromatic N) is 2. The lowest BCUT2D eigenvalue weighted by atomic mass is 10.0. The molecule has 1 aromatic heterocycles. The van der Waals surface area contributed by atoms with Crippen LogP contribution in [0.1, 0.15) is 16.7 Å². The number of carbonyl (C=O) groups is 1. The van der Waals surface area contributed by atoms with Crippen molar-refractivity contribution in [1.82, 2.24) is 14.5 Å². The third-order valence-corrected chi connectivity index (χ3v) is 4.27. The van der Waals surface area contributed by atoms with Gasteiger partial charge in [-0.15, -0.1) is 0 Å². The van der Waals surface area contributed by atoms with E-state index < -0.39 is 11.2 Å². The van der Waals surface area contributed by atoms with Crippen LogP contribution in [0.2, 0.25) is 0 Å². The zero-order chi connectivity index (χ0) is 16.4. The normalized spacial score (nSPS) is 14.2. The van der Waals surface area contributed by atoms with Crippen LogP contribution in [0.25, 0.3) is 0 Å². The van der Waals surface area contributed by atoms with Gasteiger partial charge in [0.05, 0.1) is 0 Å². The van der Waals surface area contributed by atoms with Crippen molar-refractivity contribution in [2.45, 2.75) is 26.3 Å². The van der Waals surface area contributed by atoms with Crippen LogP contribution in [0.4, 0.5) is 0 Å². The third-order valence-electron chi connectivity index (χ3n) is 4.27. The molecule has 23 heavy (non-hydrogen) atoms. The molecular weight excluding hydrogens is 294 g/mol. The highest BCUT2D eigenvalue weighted by Gasteiger charge is 2.19. The van der Waals surface area contributed by atoms with Crippen LogP contribution in [0.5, 0.6) is 0 Å². The standard InChI is InChI=1S/C17H19N3O3/c1-12-10-20(17(23)18-16(12)22)11-15(21)19-8-6-13-4-2-3-5-14(13)7-9-19/h2-5,10H,6-9,11H2,1H3,(H,18,22,23). The molecule has 1 aliphatic rings. The van der Waals surface area contributed by atoms with E-state index >= 15 is 0 Å². The lowest BCUT2D eigenvalue weighted by molar-refractivity contribution is -0.131. The number of amides is 1. The first kappa shape index (κ1) is 15.3. The summed E-state index contributed by atoms with van der Waals surface area (Å²) in [6.07, 6.45) is 3.08. The average molecular weight is 313 g/mol. The Labute approximate surface area is 133 Å². The Morgan fingerprint density at radius 2 is 1.74 bits per heavy atom. The molecule has 0 aliphatic carbocycles. The van der Waals surface area contributed by atoms with E-state index in [4.69, 9.17) is 0 Å². The van der Waals surface area contributed by atoms with Crippen LogP contribution in [0, 0.1) is 6.92 Å². The van der Waals surface area contributed by atoms with Crippen molar-refractivity contribution in [1.29, 1.82) is 0 Å². The molecule has 0 spiro atoms. The number of H-pyrrole nitrogens is 1. The van der Waals surface area contributed by atoms with Crippen molar-refractivity contribution in [3.8, 4) is 0 Å². The van der Waals surface area contributed by atoms with Crippen LogP contribution in [-0.4, -0.2) is 33.4 Å². The highest BCUT2D eigenvalue weighted by molar-refractivity contribution is 5.76. The Kier molecular flexibility index (Phi) is 4.14. The number of hydrogen-bond acceptors (Lipinski definition) is 3. The Morgan fingerprint density at radius 3 is 2.35 bits per heavy atom. The number of benzene rings is 1. The quantitative estimate of drug-likeness (QED) is 0.876. The van der Waals surface area contributed by atoms with Gasteiger partial charge >= 0.3 is 5.69 Å². The second-order valence-corrected chi connectivity index (χ2v) is 5.85. The largest absolute Gasteiger partial charge is 0.340 e. The van der Waals surface area contributed by atoms with Crippen molar-refractivity contribution in [2.24, 2.45) is 0 Å². The number of nitrogens with one attached hydrogen (secondary N) is 1. The van der Waals surface area contributed by atoms with Gasteiger partial charge in [-0.3, -0.25) is 19.1 Å². The lowest BCUT2D eigenvalue weighted by Gasteiger charge is -2.20. The number of hydrogen-bond donors (Lipinski definition) is 1. The van der Waals surface area contributed by atoms with Gasteiger partial charge in [0.25, 0.3) is 5.56 Å². The molecule has 3 rings (SSSR count). The maximum absolute atomic E-state index is 12.5. The molecule has 2 aromatic rings. The fraction of sp³-hybridized carbons (Fsp3) is 0.353. The summed E-state index contributed by atoms with van der Waals surface area (Å²) in [6.45, 7) is 2.86. The molecule has 0 atom stereocenters. The minimum Gasteiger partial charge on any atom is -0.340 e. The maximum atomic E-state index is 12.5. The number of aryl methyl sites for hydroxylation is 1. The summed E-state index contributed by atoms with van der Waals surface area (Å²) in [5.74, 6) is -0.105. The SMILES string of the molecule is Cc1cn(CC(=O)N2CCc3ccccc3CC2)c(=O)[nH]c1=O. The summed E-state index contributed by atoms with van der Waals surface area (Å²) < 4.78 is 1.26. The Bertz CT molecular complexity index is 824. The predicted molar refractivity (Wildman–Crippen MR) is 86.5 cm³/mol. The number of carbonyl (C=O) groups excluding carboxylic acids is 1. The summed E-state index contributed by atoms with van der Waals surface area (Å²) >= 11 is 0. The molecule has 120 valence electrons. The molecule has 1 amide bonds. The van der Waals surface area contributed by atoms with E-state index in [9.17, 15) is 14.4 Å².